The van der Waals surface area contributed by atoms with Crippen molar-refractivity contribution < 1.29 is 33.0 Å². The first kappa shape index (κ1) is 29.6. The van der Waals surface area contributed by atoms with Gasteiger partial charge in [-0.05, 0) is 43.4 Å². The molecule has 0 saturated heterocycles. The van der Waals surface area contributed by atoms with Gasteiger partial charge in [-0.3, -0.25) is 9.69 Å². The number of nitrogens with zero attached hydrogens (tertiary/aromatic N) is 2. The summed E-state index contributed by atoms with van der Waals surface area (Å²) in [7, 11) is 1.09. The summed E-state index contributed by atoms with van der Waals surface area (Å²) in [5.41, 5.74) is -0.141. The zero-order valence-electron chi connectivity index (χ0n) is 22.5. The second-order valence-corrected chi connectivity index (χ2v) is 9.94. The fourth-order valence-corrected chi connectivity index (χ4v) is 5.38. The first-order chi connectivity index (χ1) is 19.7. The molecule has 1 atom stereocenters. The summed E-state index contributed by atoms with van der Waals surface area (Å²) in [5, 5.41) is 27.8. The number of benzene rings is 2. The van der Waals surface area contributed by atoms with Crippen LogP contribution in [0.1, 0.15) is 37.7 Å². The molecule has 0 aromatic heterocycles. The number of carbonyl (C=O) groups excluding carboxylic acids is 3. The molecule has 1 aliphatic carbocycles. The van der Waals surface area contributed by atoms with Crippen molar-refractivity contribution in [2.75, 3.05) is 25.2 Å². The van der Waals surface area contributed by atoms with E-state index < -0.39 is 47.7 Å². The van der Waals surface area contributed by atoms with Crippen LogP contribution >= 0.6 is 0 Å². The fourth-order valence-electron chi connectivity index (χ4n) is 5.38. The molecule has 4 rings (SSSR count). The molecule has 2 aliphatic rings. The van der Waals surface area contributed by atoms with Crippen LogP contribution in [0, 0.1) is 23.0 Å². The Hall–Kier alpha value is -4.34. The van der Waals surface area contributed by atoms with Crippen LogP contribution in [0.2, 0.25) is 0 Å². The predicted octanol–water partition coefficient (Wildman–Crippen LogP) is 2.74. The number of urea groups is 1. The van der Waals surface area contributed by atoms with Gasteiger partial charge in [0.15, 0.2) is 11.6 Å². The van der Waals surface area contributed by atoms with Gasteiger partial charge < -0.3 is 25.8 Å². The smallest absolute Gasteiger partial charge is 0.339 e. The number of nitriles is 1. The van der Waals surface area contributed by atoms with Crippen LogP contribution in [0.5, 0.6) is 0 Å². The van der Waals surface area contributed by atoms with Gasteiger partial charge in [0.1, 0.15) is 11.7 Å². The number of hydrogen-bond donors (Lipinski definition) is 4. The van der Waals surface area contributed by atoms with Crippen molar-refractivity contribution in [3.05, 3.63) is 77.0 Å². The number of carbonyl (C=O) groups is 3. The lowest BCUT2D eigenvalue weighted by atomic mass is 9.69. The van der Waals surface area contributed by atoms with Crippen molar-refractivity contribution in [2.45, 2.75) is 49.7 Å². The first-order valence-corrected chi connectivity index (χ1v) is 13.2. The largest absolute Gasteiger partial charge is 0.465 e. The van der Waals surface area contributed by atoms with E-state index in [9.17, 15) is 33.5 Å². The molecule has 1 fully saturated rings. The van der Waals surface area contributed by atoms with Crippen molar-refractivity contribution in [3.8, 4) is 6.07 Å². The van der Waals surface area contributed by atoms with E-state index in [0.717, 1.165) is 35.8 Å². The summed E-state index contributed by atoms with van der Waals surface area (Å²) < 4.78 is 32.8. The number of rotatable bonds is 9. The molecule has 41 heavy (non-hydrogen) atoms. The molecule has 3 amide bonds. The second kappa shape index (κ2) is 12.9. The van der Waals surface area contributed by atoms with Gasteiger partial charge in [0.05, 0.1) is 30.9 Å². The molecule has 1 heterocycles. The Balaban J connectivity index is 1.51. The van der Waals surface area contributed by atoms with Gasteiger partial charge in [-0.2, -0.15) is 5.26 Å². The maximum atomic E-state index is 14.2. The monoisotopic (exact) mass is 567 g/mol. The molecule has 2 aromatic carbocycles. The van der Waals surface area contributed by atoms with Crippen LogP contribution in [0.25, 0.3) is 0 Å². The van der Waals surface area contributed by atoms with Crippen LogP contribution in [-0.4, -0.2) is 55.5 Å². The van der Waals surface area contributed by atoms with E-state index in [1.165, 1.54) is 0 Å². The number of esters is 1. The van der Waals surface area contributed by atoms with E-state index in [1.54, 1.807) is 0 Å². The molecule has 1 saturated carbocycles. The van der Waals surface area contributed by atoms with Crippen molar-refractivity contribution in [1.82, 2.24) is 16.0 Å². The summed E-state index contributed by atoms with van der Waals surface area (Å²) >= 11 is 0. The number of ether oxygens (including phenoxy) is 1. The summed E-state index contributed by atoms with van der Waals surface area (Å²) in [6.07, 6.45) is 1.14. The molecule has 0 bridgehead atoms. The highest BCUT2D eigenvalue weighted by Gasteiger charge is 2.40. The number of methoxy groups -OCH3 is 1. The zero-order valence-corrected chi connectivity index (χ0v) is 22.5. The Morgan fingerprint density at radius 3 is 2.49 bits per heavy atom. The van der Waals surface area contributed by atoms with E-state index in [1.807, 2.05) is 30.3 Å². The average Bonchev–Trinajstić information content (AvgIpc) is 2.99. The van der Waals surface area contributed by atoms with Gasteiger partial charge in [-0.1, -0.05) is 30.3 Å². The average molecular weight is 568 g/mol. The third-order valence-electron chi connectivity index (χ3n) is 7.55. The molecule has 1 aliphatic heterocycles. The van der Waals surface area contributed by atoms with Gasteiger partial charge >= 0.3 is 12.0 Å². The highest BCUT2D eigenvalue weighted by molar-refractivity contribution is 6.01. The minimum atomic E-state index is -1.47. The number of anilines is 1. The van der Waals surface area contributed by atoms with E-state index in [0.29, 0.717) is 25.7 Å². The lowest BCUT2D eigenvalue weighted by molar-refractivity contribution is -0.136. The van der Waals surface area contributed by atoms with E-state index in [4.69, 9.17) is 4.74 Å². The summed E-state index contributed by atoms with van der Waals surface area (Å²) in [4.78, 5) is 39.6. The third-order valence-corrected chi connectivity index (χ3v) is 7.55. The van der Waals surface area contributed by atoms with Gasteiger partial charge in [0, 0.05) is 30.8 Å². The predicted molar refractivity (Wildman–Crippen MR) is 144 cm³/mol. The SMILES string of the molecule is COC(=O)C1=C(CO)NC(=O)NC1N(C(=O)CCNC1CCC(C#N)(c2ccccc2)CC1)c1ccc(F)c(F)c1. The number of amides is 3. The minimum Gasteiger partial charge on any atom is -0.465 e. The van der Waals surface area contributed by atoms with E-state index in [-0.39, 0.29) is 36.0 Å². The van der Waals surface area contributed by atoms with Crippen LogP contribution in [-0.2, 0) is 19.7 Å². The third kappa shape index (κ3) is 6.37. The molecule has 4 N–H and O–H groups in total. The number of hydrogen-bond acceptors (Lipinski definition) is 7. The Morgan fingerprint density at radius 2 is 1.88 bits per heavy atom. The van der Waals surface area contributed by atoms with Crippen LogP contribution in [0.4, 0.5) is 19.3 Å². The minimum absolute atomic E-state index is 0.0507. The Labute approximate surface area is 236 Å². The summed E-state index contributed by atoms with van der Waals surface area (Å²) in [5.74, 6) is -3.92. The Kier molecular flexibility index (Phi) is 9.31. The number of nitrogens with one attached hydrogen (secondary N) is 3. The molecule has 2 aromatic rings. The van der Waals surface area contributed by atoms with E-state index >= 15 is 0 Å². The molecule has 10 nitrogen and oxygen atoms in total. The number of aliphatic hydroxyl groups is 1. The van der Waals surface area contributed by atoms with Crippen molar-refractivity contribution >= 4 is 23.6 Å². The molecule has 12 heteroatoms. The Bertz CT molecular complexity index is 1370. The second-order valence-electron chi connectivity index (χ2n) is 9.94. The topological polar surface area (TPSA) is 144 Å². The highest BCUT2D eigenvalue weighted by atomic mass is 19.2. The van der Waals surface area contributed by atoms with E-state index in [2.05, 4.69) is 22.0 Å². The van der Waals surface area contributed by atoms with Gasteiger partial charge in [0.2, 0.25) is 5.91 Å². The van der Waals surface area contributed by atoms with Crippen molar-refractivity contribution in [1.29, 1.82) is 5.26 Å². The van der Waals surface area contributed by atoms with Gasteiger partial charge in [-0.15, -0.1) is 0 Å². The van der Waals surface area contributed by atoms with Crippen LogP contribution in [0.15, 0.2) is 59.8 Å². The molecule has 0 radical (unpaired) electrons. The summed E-state index contributed by atoms with van der Waals surface area (Å²) in [6, 6.07) is 14.2. The molecule has 216 valence electrons. The van der Waals surface area contributed by atoms with Gasteiger partial charge in [-0.25, -0.2) is 18.4 Å². The molecule has 0 spiro atoms. The lowest BCUT2D eigenvalue weighted by Crippen LogP contribution is -2.60. The zero-order chi connectivity index (χ0) is 29.6. The highest BCUT2D eigenvalue weighted by Crippen LogP contribution is 2.39. The quantitative estimate of drug-likeness (QED) is 0.341. The summed E-state index contributed by atoms with van der Waals surface area (Å²) in [6.45, 7) is -0.540. The molecular weight excluding hydrogens is 536 g/mol. The number of aliphatic hydroxyl groups excluding tert-OH is 1. The lowest BCUT2D eigenvalue weighted by Gasteiger charge is -2.37. The standard InChI is InChI=1S/C29H31F2N5O5/c1-41-27(39)25-23(16-37)34-28(40)35-26(25)36(20-7-8-21(30)22(31)15-20)24(38)11-14-33-19-9-12-29(17-32,13-10-19)18-5-3-2-4-6-18/h2-8,15,19,26,33,37H,9-14,16H2,1H3,(H2,34,35,40). The Morgan fingerprint density at radius 1 is 1.17 bits per heavy atom. The fraction of sp³-hybridized carbons (Fsp3) is 0.379. The first-order valence-electron chi connectivity index (χ1n) is 13.2. The van der Waals surface area contributed by atoms with Crippen molar-refractivity contribution in [3.63, 3.8) is 0 Å². The molecule has 1 unspecified atom stereocenters. The van der Waals surface area contributed by atoms with Crippen LogP contribution in [0.3, 0.4) is 0 Å². The normalized spacial score (nSPS) is 22.3. The van der Waals surface area contributed by atoms with Gasteiger partial charge in [0.25, 0.3) is 0 Å². The molecular formula is C29H31F2N5O5. The number of halogens is 2. The van der Waals surface area contributed by atoms with Crippen molar-refractivity contribution in [2.24, 2.45) is 0 Å². The maximum Gasteiger partial charge on any atom is 0.339 e. The maximum absolute atomic E-state index is 14.2. The van der Waals surface area contributed by atoms with Crippen LogP contribution < -0.4 is 20.9 Å².